The summed E-state index contributed by atoms with van der Waals surface area (Å²) in [6, 6.07) is 5.34. The lowest BCUT2D eigenvalue weighted by Crippen LogP contribution is -2.17. The highest BCUT2D eigenvalue weighted by molar-refractivity contribution is 6.29. The van der Waals surface area contributed by atoms with E-state index >= 15 is 0 Å². The van der Waals surface area contributed by atoms with E-state index < -0.39 is 0 Å². The molecule has 1 aliphatic heterocycles. The van der Waals surface area contributed by atoms with E-state index in [9.17, 15) is 0 Å². The van der Waals surface area contributed by atoms with Gasteiger partial charge in [0, 0.05) is 37.7 Å². The predicted molar refractivity (Wildman–Crippen MR) is 88.7 cm³/mol. The molecule has 0 N–H and O–H groups in total. The van der Waals surface area contributed by atoms with Crippen molar-refractivity contribution >= 4 is 17.5 Å². The third-order valence-electron chi connectivity index (χ3n) is 3.77. The molecule has 0 saturated carbocycles. The average Bonchev–Trinajstić information content (AvgIpc) is 3.05. The van der Waals surface area contributed by atoms with Crippen LogP contribution in [0.15, 0.2) is 36.8 Å². The summed E-state index contributed by atoms with van der Waals surface area (Å²) in [5.74, 6) is 1.70. The Morgan fingerprint density at radius 1 is 1.04 bits per heavy atom. The molecule has 120 valence electrons. The molecule has 24 heavy (non-hydrogen) atoms. The number of nitrogens with zero attached hydrogens (tertiary/aromatic N) is 6. The van der Waals surface area contributed by atoms with E-state index in [1.54, 1.807) is 31.6 Å². The molecular formula is C16H13ClN6O. The van der Waals surface area contributed by atoms with Gasteiger partial charge in [-0.05, 0) is 23.3 Å². The van der Waals surface area contributed by atoms with E-state index in [0.717, 1.165) is 11.1 Å². The maximum absolute atomic E-state index is 5.93. The minimum atomic E-state index is 0.381. The van der Waals surface area contributed by atoms with Gasteiger partial charge in [-0.2, -0.15) is 0 Å². The van der Waals surface area contributed by atoms with Gasteiger partial charge in [0.2, 0.25) is 11.8 Å². The number of rotatable bonds is 3. The minimum Gasteiger partial charge on any atom is -0.481 e. The van der Waals surface area contributed by atoms with Gasteiger partial charge < -0.3 is 9.64 Å². The second-order valence-electron chi connectivity index (χ2n) is 5.30. The third-order valence-corrected chi connectivity index (χ3v) is 3.98. The maximum Gasteiger partial charge on any atom is 0.226 e. The van der Waals surface area contributed by atoms with Gasteiger partial charge in [0.1, 0.15) is 10.8 Å². The third kappa shape index (κ3) is 2.74. The zero-order valence-corrected chi connectivity index (χ0v) is 13.6. The van der Waals surface area contributed by atoms with Gasteiger partial charge >= 0.3 is 0 Å². The second kappa shape index (κ2) is 6.01. The van der Waals surface area contributed by atoms with Gasteiger partial charge in [0.25, 0.3) is 0 Å². The predicted octanol–water partition coefficient (Wildman–Crippen LogP) is 2.51. The first-order valence-corrected chi connectivity index (χ1v) is 7.69. The molecule has 0 bridgehead atoms. The summed E-state index contributed by atoms with van der Waals surface area (Å²) in [5, 5.41) is 0.381. The summed E-state index contributed by atoms with van der Waals surface area (Å²) in [4.78, 5) is 23.7. The van der Waals surface area contributed by atoms with Crippen LogP contribution in [0.4, 0.5) is 5.95 Å². The quantitative estimate of drug-likeness (QED) is 0.678. The standard InChI is InChI=1S/C16H13ClN6O/c1-24-14-6-10-8-23(9-11(10)7-20-14)16-19-4-2-12(21-16)15-18-5-3-13(17)22-15/h2-7H,8-9H2,1H3. The fourth-order valence-corrected chi connectivity index (χ4v) is 2.74. The van der Waals surface area contributed by atoms with Gasteiger partial charge in [0.05, 0.1) is 7.11 Å². The Kier molecular flexibility index (Phi) is 3.70. The Hall–Kier alpha value is -2.80. The van der Waals surface area contributed by atoms with Crippen molar-refractivity contribution in [3.63, 3.8) is 0 Å². The van der Waals surface area contributed by atoms with Crippen molar-refractivity contribution in [3.05, 3.63) is 53.1 Å². The number of hydrogen-bond donors (Lipinski definition) is 0. The molecule has 0 aliphatic carbocycles. The Labute approximate surface area is 143 Å². The topological polar surface area (TPSA) is 76.9 Å². The molecule has 3 aromatic heterocycles. The van der Waals surface area contributed by atoms with Crippen molar-refractivity contribution in [2.24, 2.45) is 0 Å². The molecule has 0 unspecified atom stereocenters. The van der Waals surface area contributed by atoms with Crippen molar-refractivity contribution in [3.8, 4) is 17.4 Å². The molecule has 4 heterocycles. The van der Waals surface area contributed by atoms with Crippen LogP contribution in [0.25, 0.3) is 11.5 Å². The molecule has 0 aromatic carbocycles. The van der Waals surface area contributed by atoms with E-state index in [4.69, 9.17) is 16.3 Å². The Balaban J connectivity index is 1.63. The van der Waals surface area contributed by atoms with E-state index in [-0.39, 0.29) is 0 Å². The van der Waals surface area contributed by atoms with Gasteiger partial charge in [-0.1, -0.05) is 11.6 Å². The summed E-state index contributed by atoms with van der Waals surface area (Å²) in [6.07, 6.45) is 5.14. The van der Waals surface area contributed by atoms with Crippen molar-refractivity contribution in [2.75, 3.05) is 12.0 Å². The number of hydrogen-bond acceptors (Lipinski definition) is 7. The molecule has 1 aliphatic rings. The van der Waals surface area contributed by atoms with Gasteiger partial charge in [0.15, 0.2) is 5.82 Å². The van der Waals surface area contributed by atoms with Crippen LogP contribution < -0.4 is 9.64 Å². The summed E-state index contributed by atoms with van der Waals surface area (Å²) in [5.41, 5.74) is 2.94. The summed E-state index contributed by atoms with van der Waals surface area (Å²) in [7, 11) is 1.61. The SMILES string of the molecule is COc1cc2c(cn1)CN(c1nccc(-c3nccc(Cl)n3)n1)C2. The monoisotopic (exact) mass is 340 g/mol. The summed E-state index contributed by atoms with van der Waals surface area (Å²) >= 11 is 5.93. The molecule has 0 amide bonds. The number of methoxy groups -OCH3 is 1. The number of anilines is 1. The zero-order chi connectivity index (χ0) is 16.5. The lowest BCUT2D eigenvalue weighted by atomic mass is 10.2. The van der Waals surface area contributed by atoms with E-state index in [1.165, 1.54) is 0 Å². The van der Waals surface area contributed by atoms with Gasteiger partial charge in [-0.25, -0.2) is 24.9 Å². The van der Waals surface area contributed by atoms with Crippen LogP contribution in [-0.2, 0) is 13.1 Å². The van der Waals surface area contributed by atoms with Crippen LogP contribution >= 0.6 is 11.6 Å². The summed E-state index contributed by atoms with van der Waals surface area (Å²) < 4.78 is 5.18. The smallest absolute Gasteiger partial charge is 0.226 e. The van der Waals surface area contributed by atoms with Crippen LogP contribution in [0.3, 0.4) is 0 Å². The van der Waals surface area contributed by atoms with Crippen molar-refractivity contribution in [2.45, 2.75) is 13.1 Å². The fraction of sp³-hybridized carbons (Fsp3) is 0.188. The number of halogens is 1. The van der Waals surface area contributed by atoms with E-state index in [2.05, 4.69) is 29.8 Å². The number of pyridine rings is 1. The van der Waals surface area contributed by atoms with Crippen LogP contribution in [0.5, 0.6) is 5.88 Å². The Bertz CT molecular complexity index is 903. The first-order valence-electron chi connectivity index (χ1n) is 7.31. The molecule has 0 fully saturated rings. The molecule has 0 radical (unpaired) electrons. The van der Waals surface area contributed by atoms with Gasteiger partial charge in [-0.15, -0.1) is 0 Å². The number of ether oxygens (including phenoxy) is 1. The number of aromatic nitrogens is 5. The first kappa shape index (κ1) is 14.8. The van der Waals surface area contributed by atoms with Crippen molar-refractivity contribution in [1.82, 2.24) is 24.9 Å². The second-order valence-corrected chi connectivity index (χ2v) is 5.68. The average molecular weight is 341 g/mol. The first-order chi connectivity index (χ1) is 11.7. The molecule has 0 saturated heterocycles. The van der Waals surface area contributed by atoms with Crippen molar-refractivity contribution < 1.29 is 4.74 Å². The molecule has 4 rings (SSSR count). The molecule has 7 nitrogen and oxygen atoms in total. The van der Waals surface area contributed by atoms with Crippen LogP contribution in [0.1, 0.15) is 11.1 Å². The van der Waals surface area contributed by atoms with Crippen LogP contribution in [0.2, 0.25) is 5.15 Å². The molecule has 0 spiro atoms. The maximum atomic E-state index is 5.93. The van der Waals surface area contributed by atoms with Crippen molar-refractivity contribution in [1.29, 1.82) is 0 Å². The van der Waals surface area contributed by atoms with Gasteiger partial charge in [-0.3, -0.25) is 0 Å². The lowest BCUT2D eigenvalue weighted by Gasteiger charge is -2.15. The summed E-state index contributed by atoms with van der Waals surface area (Å²) in [6.45, 7) is 1.40. The Morgan fingerprint density at radius 3 is 2.71 bits per heavy atom. The normalized spacial score (nSPS) is 13.0. The zero-order valence-electron chi connectivity index (χ0n) is 12.8. The molecule has 0 atom stereocenters. The minimum absolute atomic E-state index is 0.381. The highest BCUT2D eigenvalue weighted by Crippen LogP contribution is 2.28. The highest BCUT2D eigenvalue weighted by Gasteiger charge is 2.22. The molecular weight excluding hydrogens is 328 g/mol. The lowest BCUT2D eigenvalue weighted by molar-refractivity contribution is 0.397. The Morgan fingerprint density at radius 2 is 1.88 bits per heavy atom. The van der Waals surface area contributed by atoms with E-state index in [0.29, 0.717) is 41.6 Å². The fourth-order valence-electron chi connectivity index (χ4n) is 2.60. The largest absolute Gasteiger partial charge is 0.481 e. The van der Waals surface area contributed by atoms with Crippen LogP contribution in [0, 0.1) is 0 Å². The molecule has 3 aromatic rings. The molecule has 8 heteroatoms. The highest BCUT2D eigenvalue weighted by atomic mass is 35.5. The van der Waals surface area contributed by atoms with E-state index in [1.807, 2.05) is 12.3 Å². The number of fused-ring (bicyclic) bond motifs is 1. The van der Waals surface area contributed by atoms with Crippen LogP contribution in [-0.4, -0.2) is 32.0 Å².